The van der Waals surface area contributed by atoms with E-state index in [1.807, 2.05) is 60.4 Å². The zero-order valence-corrected chi connectivity index (χ0v) is 19.3. The highest BCUT2D eigenvalue weighted by Crippen LogP contribution is 2.40. The summed E-state index contributed by atoms with van der Waals surface area (Å²) in [5.74, 6) is 0.434. The lowest BCUT2D eigenvalue weighted by atomic mass is 9.99. The maximum atomic E-state index is 13.5. The first-order valence-corrected chi connectivity index (χ1v) is 11.4. The van der Waals surface area contributed by atoms with Crippen LogP contribution in [-0.4, -0.2) is 24.0 Å². The van der Waals surface area contributed by atoms with E-state index in [0.717, 1.165) is 24.1 Å². The van der Waals surface area contributed by atoms with Crippen molar-refractivity contribution < 1.29 is 14.3 Å². The normalized spacial score (nSPS) is 16.6. The molecular weight excluding hydrogens is 412 g/mol. The number of benzene rings is 3. The number of ether oxygens (including phenoxy) is 1. The van der Waals surface area contributed by atoms with Crippen LogP contribution in [0.15, 0.2) is 66.7 Å². The van der Waals surface area contributed by atoms with Gasteiger partial charge in [-0.3, -0.25) is 9.59 Å². The van der Waals surface area contributed by atoms with Crippen molar-refractivity contribution in [1.82, 2.24) is 0 Å². The summed E-state index contributed by atoms with van der Waals surface area (Å²) >= 11 is 0. The Bertz CT molecular complexity index is 1230. The molecule has 5 heteroatoms. The highest BCUT2D eigenvalue weighted by Gasteiger charge is 2.41. The fraction of sp³-hybridized carbons (Fsp3) is 0.286. The predicted octanol–water partition coefficient (Wildman–Crippen LogP) is 5.29. The van der Waals surface area contributed by atoms with E-state index in [9.17, 15) is 9.59 Å². The quantitative estimate of drug-likeness (QED) is 0.556. The second kappa shape index (κ2) is 8.07. The molecule has 3 aromatic carbocycles. The molecular formula is C28H28N2O3. The monoisotopic (exact) mass is 440 g/mol. The molecule has 0 radical (unpaired) electrons. The predicted molar refractivity (Wildman–Crippen MR) is 130 cm³/mol. The molecule has 2 heterocycles. The summed E-state index contributed by atoms with van der Waals surface area (Å²) in [5.41, 5.74) is 4.57. The second-order valence-electron chi connectivity index (χ2n) is 9.36. The van der Waals surface area contributed by atoms with Gasteiger partial charge < -0.3 is 14.5 Å². The number of para-hydroxylation sites is 1. The van der Waals surface area contributed by atoms with E-state index in [0.29, 0.717) is 30.1 Å². The summed E-state index contributed by atoms with van der Waals surface area (Å²) < 4.78 is 6.04. The molecule has 0 N–H and O–H groups in total. The van der Waals surface area contributed by atoms with Crippen LogP contribution in [0.1, 0.15) is 47.3 Å². The standard InChI is InChI=1S/C28H28N2O3/c1-19-10-12-20(13-11-19)18-30-24-17-22(14-15-25(24)33-28(2,3)27(30)32)26(31)29-16-6-8-21-7-4-5-9-23(21)29/h4-5,7,9-15,17H,6,8,16,18H2,1-3H3. The summed E-state index contributed by atoms with van der Waals surface area (Å²) in [7, 11) is 0. The summed E-state index contributed by atoms with van der Waals surface area (Å²) in [6, 6.07) is 21.6. The van der Waals surface area contributed by atoms with Crippen LogP contribution in [0.5, 0.6) is 5.75 Å². The zero-order valence-electron chi connectivity index (χ0n) is 19.3. The molecule has 0 bridgehead atoms. The minimum atomic E-state index is -0.977. The summed E-state index contributed by atoms with van der Waals surface area (Å²) in [6.07, 6.45) is 1.91. The van der Waals surface area contributed by atoms with E-state index >= 15 is 0 Å². The van der Waals surface area contributed by atoms with Crippen molar-refractivity contribution in [3.8, 4) is 5.75 Å². The minimum Gasteiger partial charge on any atom is -0.476 e. The van der Waals surface area contributed by atoms with Gasteiger partial charge in [0.15, 0.2) is 5.60 Å². The van der Waals surface area contributed by atoms with E-state index in [4.69, 9.17) is 4.74 Å². The van der Waals surface area contributed by atoms with E-state index < -0.39 is 5.60 Å². The smallest absolute Gasteiger partial charge is 0.271 e. The van der Waals surface area contributed by atoms with E-state index in [2.05, 4.69) is 6.07 Å². The Kier molecular flexibility index (Phi) is 5.20. The van der Waals surface area contributed by atoms with E-state index in [1.54, 1.807) is 30.9 Å². The van der Waals surface area contributed by atoms with Crippen LogP contribution >= 0.6 is 0 Å². The van der Waals surface area contributed by atoms with Crippen molar-refractivity contribution in [2.24, 2.45) is 0 Å². The number of rotatable bonds is 3. The van der Waals surface area contributed by atoms with E-state index in [-0.39, 0.29) is 11.8 Å². The third-order valence-electron chi connectivity index (χ3n) is 6.44. The molecule has 168 valence electrons. The summed E-state index contributed by atoms with van der Waals surface area (Å²) in [6.45, 7) is 6.71. The van der Waals surface area contributed by atoms with Crippen LogP contribution in [0, 0.1) is 6.92 Å². The van der Waals surface area contributed by atoms with Gasteiger partial charge in [0.1, 0.15) is 5.75 Å². The number of hydrogen-bond donors (Lipinski definition) is 0. The molecule has 33 heavy (non-hydrogen) atoms. The highest BCUT2D eigenvalue weighted by atomic mass is 16.5. The van der Waals surface area contributed by atoms with Crippen molar-refractivity contribution in [1.29, 1.82) is 0 Å². The molecule has 3 aromatic rings. The third-order valence-corrected chi connectivity index (χ3v) is 6.44. The number of nitrogens with zero attached hydrogens (tertiary/aromatic N) is 2. The van der Waals surface area contributed by atoms with Crippen molar-refractivity contribution in [3.05, 3.63) is 89.0 Å². The lowest BCUT2D eigenvalue weighted by Crippen LogP contribution is -2.52. The minimum absolute atomic E-state index is 0.0579. The molecule has 2 amide bonds. The first kappa shape index (κ1) is 21.3. The van der Waals surface area contributed by atoms with Crippen LogP contribution in [0.3, 0.4) is 0 Å². The number of carbonyl (C=O) groups is 2. The van der Waals surface area contributed by atoms with Gasteiger partial charge in [-0.15, -0.1) is 0 Å². The molecule has 0 fully saturated rings. The van der Waals surface area contributed by atoms with Crippen molar-refractivity contribution in [2.75, 3.05) is 16.3 Å². The molecule has 0 aromatic heterocycles. The molecule has 0 saturated heterocycles. The average molecular weight is 441 g/mol. The van der Waals surface area contributed by atoms with Gasteiger partial charge in [-0.2, -0.15) is 0 Å². The maximum Gasteiger partial charge on any atom is 0.271 e. The Morgan fingerprint density at radius 1 is 1.00 bits per heavy atom. The maximum absolute atomic E-state index is 13.5. The van der Waals surface area contributed by atoms with Gasteiger partial charge in [-0.05, 0) is 69.0 Å². The number of anilines is 2. The summed E-state index contributed by atoms with van der Waals surface area (Å²) in [5, 5.41) is 0. The molecule has 5 nitrogen and oxygen atoms in total. The number of hydrogen-bond acceptors (Lipinski definition) is 3. The topological polar surface area (TPSA) is 49.9 Å². The largest absolute Gasteiger partial charge is 0.476 e. The Hall–Kier alpha value is -3.60. The zero-order chi connectivity index (χ0) is 23.2. The fourth-order valence-electron chi connectivity index (χ4n) is 4.63. The van der Waals surface area contributed by atoms with Crippen molar-refractivity contribution in [2.45, 2.75) is 45.8 Å². The number of fused-ring (bicyclic) bond motifs is 2. The van der Waals surface area contributed by atoms with Crippen molar-refractivity contribution in [3.63, 3.8) is 0 Å². The number of amides is 2. The second-order valence-corrected chi connectivity index (χ2v) is 9.36. The van der Waals surface area contributed by atoms with Gasteiger partial charge in [0.2, 0.25) is 0 Å². The average Bonchev–Trinajstić information content (AvgIpc) is 2.82. The third kappa shape index (κ3) is 3.88. The molecule has 0 saturated carbocycles. The van der Waals surface area contributed by atoms with Crippen LogP contribution in [-0.2, 0) is 17.8 Å². The van der Waals surface area contributed by atoms with Gasteiger partial charge >= 0.3 is 0 Å². The van der Waals surface area contributed by atoms with Gasteiger partial charge in [-0.1, -0.05) is 48.0 Å². The van der Waals surface area contributed by atoms with Crippen LogP contribution < -0.4 is 14.5 Å². The number of aryl methyl sites for hydroxylation is 2. The summed E-state index contributed by atoms with van der Waals surface area (Å²) in [4.78, 5) is 30.5. The molecule has 5 rings (SSSR count). The SMILES string of the molecule is Cc1ccc(CN2C(=O)C(C)(C)Oc3ccc(C(=O)N4CCCc5ccccc54)cc32)cc1. The molecule has 0 unspecified atom stereocenters. The van der Waals surface area contributed by atoms with Gasteiger partial charge in [0.05, 0.1) is 12.2 Å². The Labute approximate surface area is 194 Å². The van der Waals surface area contributed by atoms with Crippen LogP contribution in [0.4, 0.5) is 11.4 Å². The van der Waals surface area contributed by atoms with Crippen molar-refractivity contribution >= 4 is 23.2 Å². The fourth-order valence-corrected chi connectivity index (χ4v) is 4.63. The Morgan fingerprint density at radius 3 is 2.55 bits per heavy atom. The molecule has 2 aliphatic heterocycles. The lowest BCUT2D eigenvalue weighted by molar-refractivity contribution is -0.132. The molecule has 0 atom stereocenters. The Balaban J connectivity index is 1.52. The highest BCUT2D eigenvalue weighted by molar-refractivity contribution is 6.09. The van der Waals surface area contributed by atoms with Crippen LogP contribution in [0.25, 0.3) is 0 Å². The first-order chi connectivity index (χ1) is 15.8. The van der Waals surface area contributed by atoms with Gasteiger partial charge in [-0.25, -0.2) is 0 Å². The van der Waals surface area contributed by atoms with Gasteiger partial charge in [0.25, 0.3) is 11.8 Å². The molecule has 0 aliphatic carbocycles. The van der Waals surface area contributed by atoms with Gasteiger partial charge in [0, 0.05) is 17.8 Å². The first-order valence-electron chi connectivity index (χ1n) is 11.4. The molecule has 0 spiro atoms. The van der Waals surface area contributed by atoms with E-state index in [1.165, 1.54) is 11.1 Å². The molecule has 2 aliphatic rings. The van der Waals surface area contributed by atoms with Crippen LogP contribution in [0.2, 0.25) is 0 Å². The lowest BCUT2D eigenvalue weighted by Gasteiger charge is -2.39. The Morgan fingerprint density at radius 2 is 1.76 bits per heavy atom. The number of carbonyl (C=O) groups excluding carboxylic acids is 2.